The predicted octanol–water partition coefficient (Wildman–Crippen LogP) is 4.89. The Labute approximate surface area is 115 Å². The Hall–Kier alpha value is -2.02. The number of hydrogen-bond acceptors (Lipinski definition) is 1. The zero-order valence-corrected chi connectivity index (χ0v) is 11.8. The van der Waals surface area contributed by atoms with Crippen molar-refractivity contribution in [3.05, 3.63) is 65.7 Å². The molecule has 98 valence electrons. The van der Waals surface area contributed by atoms with Crippen LogP contribution in [-0.4, -0.2) is 7.11 Å². The molecule has 0 amide bonds. The highest BCUT2D eigenvalue weighted by Gasteiger charge is 2.06. The van der Waals surface area contributed by atoms with E-state index in [1.54, 1.807) is 7.11 Å². The molecule has 1 nitrogen and oxygen atoms in total. The van der Waals surface area contributed by atoms with Crippen LogP contribution in [0.1, 0.15) is 25.0 Å². The van der Waals surface area contributed by atoms with Crippen LogP contribution in [0.3, 0.4) is 0 Å². The number of allylic oxidation sites excluding steroid dienone is 1. The molecule has 0 bridgehead atoms. The second kappa shape index (κ2) is 6.24. The van der Waals surface area contributed by atoms with Crippen molar-refractivity contribution in [3.63, 3.8) is 0 Å². The Kier molecular flexibility index (Phi) is 4.40. The van der Waals surface area contributed by atoms with Crippen molar-refractivity contribution < 1.29 is 4.74 Å². The van der Waals surface area contributed by atoms with Crippen molar-refractivity contribution in [1.29, 1.82) is 0 Å². The van der Waals surface area contributed by atoms with E-state index in [2.05, 4.69) is 56.3 Å². The molecule has 0 aliphatic heterocycles. The summed E-state index contributed by atoms with van der Waals surface area (Å²) in [5, 5.41) is 0. The van der Waals surface area contributed by atoms with E-state index in [1.807, 2.05) is 18.2 Å². The zero-order chi connectivity index (χ0) is 13.7. The first kappa shape index (κ1) is 13.4. The van der Waals surface area contributed by atoms with Gasteiger partial charge in [-0.15, -0.1) is 0 Å². The van der Waals surface area contributed by atoms with E-state index in [-0.39, 0.29) is 0 Å². The van der Waals surface area contributed by atoms with Gasteiger partial charge in [-0.05, 0) is 34.8 Å². The van der Waals surface area contributed by atoms with Crippen molar-refractivity contribution in [2.45, 2.75) is 13.8 Å². The molecule has 0 radical (unpaired) electrons. The molecular formula is C18H20O. The van der Waals surface area contributed by atoms with Gasteiger partial charge < -0.3 is 4.74 Å². The van der Waals surface area contributed by atoms with Crippen molar-refractivity contribution in [2.24, 2.45) is 5.92 Å². The first-order valence-corrected chi connectivity index (χ1v) is 6.62. The average Bonchev–Trinajstić information content (AvgIpc) is 2.46. The quantitative estimate of drug-likeness (QED) is 0.704. The minimum absolute atomic E-state index is 0.480. The lowest BCUT2D eigenvalue weighted by molar-refractivity contribution is 0.415. The lowest BCUT2D eigenvalue weighted by Gasteiger charge is -2.13. The summed E-state index contributed by atoms with van der Waals surface area (Å²) in [6, 6.07) is 18.7. The number of benzene rings is 2. The van der Waals surface area contributed by atoms with Gasteiger partial charge in [-0.1, -0.05) is 62.4 Å². The van der Waals surface area contributed by atoms with E-state index in [4.69, 9.17) is 4.74 Å². The molecule has 0 unspecified atom stereocenters. The second-order valence-electron chi connectivity index (χ2n) is 4.89. The second-order valence-corrected chi connectivity index (χ2v) is 4.89. The maximum absolute atomic E-state index is 5.21. The van der Waals surface area contributed by atoms with Gasteiger partial charge in [0, 0.05) is 0 Å². The summed E-state index contributed by atoms with van der Waals surface area (Å²) >= 11 is 0. The van der Waals surface area contributed by atoms with E-state index in [0.717, 1.165) is 5.75 Å². The molecule has 0 saturated heterocycles. The van der Waals surface area contributed by atoms with Crippen LogP contribution in [0.5, 0.6) is 5.75 Å². The summed E-state index contributed by atoms with van der Waals surface area (Å²) in [4.78, 5) is 0. The molecule has 0 heterocycles. The summed E-state index contributed by atoms with van der Waals surface area (Å²) in [5.41, 5.74) is 3.83. The van der Waals surface area contributed by atoms with Gasteiger partial charge in [0.15, 0.2) is 0 Å². The van der Waals surface area contributed by atoms with Crippen molar-refractivity contribution in [2.75, 3.05) is 7.11 Å². The number of hydrogen-bond donors (Lipinski definition) is 0. The van der Waals surface area contributed by atoms with E-state index >= 15 is 0 Å². The molecule has 1 heteroatoms. The predicted molar refractivity (Wildman–Crippen MR) is 82.1 cm³/mol. The molecule has 0 saturated carbocycles. The van der Waals surface area contributed by atoms with Crippen LogP contribution in [0, 0.1) is 5.92 Å². The first-order chi connectivity index (χ1) is 9.20. The fraction of sp³-hybridized carbons (Fsp3) is 0.222. The maximum atomic E-state index is 5.21. The van der Waals surface area contributed by atoms with Crippen molar-refractivity contribution >= 4 is 11.6 Å². The maximum Gasteiger partial charge on any atom is 0.118 e. The number of ether oxygens (including phenoxy) is 1. The van der Waals surface area contributed by atoms with Gasteiger partial charge >= 0.3 is 0 Å². The number of rotatable bonds is 4. The normalized spacial score (nSPS) is 11.7. The van der Waals surface area contributed by atoms with Crippen LogP contribution in [0.4, 0.5) is 0 Å². The van der Waals surface area contributed by atoms with Gasteiger partial charge in [0.05, 0.1) is 7.11 Å². The fourth-order valence-corrected chi connectivity index (χ4v) is 2.10. The molecule has 2 rings (SSSR count). The van der Waals surface area contributed by atoms with Gasteiger partial charge in [0.2, 0.25) is 0 Å². The molecule has 0 aliphatic rings. The topological polar surface area (TPSA) is 9.23 Å². The smallest absolute Gasteiger partial charge is 0.118 e. The van der Waals surface area contributed by atoms with Gasteiger partial charge in [0.25, 0.3) is 0 Å². The van der Waals surface area contributed by atoms with Gasteiger partial charge in [0.1, 0.15) is 5.75 Å². The Morgan fingerprint density at radius 3 is 2.11 bits per heavy atom. The summed E-state index contributed by atoms with van der Waals surface area (Å²) in [5.74, 6) is 1.38. The molecular weight excluding hydrogens is 232 g/mol. The Bertz CT molecular complexity index is 536. The van der Waals surface area contributed by atoms with Crippen LogP contribution in [0.2, 0.25) is 0 Å². The van der Waals surface area contributed by atoms with Crippen LogP contribution >= 0.6 is 0 Å². The molecule has 0 atom stereocenters. The third-order valence-electron chi connectivity index (χ3n) is 3.17. The number of methoxy groups -OCH3 is 1. The molecule has 2 aromatic rings. The van der Waals surface area contributed by atoms with E-state index in [9.17, 15) is 0 Å². The zero-order valence-electron chi connectivity index (χ0n) is 11.8. The fourth-order valence-electron chi connectivity index (χ4n) is 2.10. The minimum Gasteiger partial charge on any atom is -0.497 e. The van der Waals surface area contributed by atoms with Crippen molar-refractivity contribution in [1.82, 2.24) is 0 Å². The summed E-state index contributed by atoms with van der Waals surface area (Å²) < 4.78 is 5.21. The van der Waals surface area contributed by atoms with E-state index < -0.39 is 0 Å². The molecule has 0 aromatic heterocycles. The van der Waals surface area contributed by atoms with Crippen LogP contribution in [-0.2, 0) is 0 Å². The lowest BCUT2D eigenvalue weighted by Crippen LogP contribution is -1.94. The Morgan fingerprint density at radius 1 is 0.947 bits per heavy atom. The van der Waals surface area contributed by atoms with Gasteiger partial charge in [-0.25, -0.2) is 0 Å². The SMILES string of the molecule is COc1ccc(/C(=C/c2ccccc2)C(C)C)cc1. The van der Waals surface area contributed by atoms with Crippen molar-refractivity contribution in [3.8, 4) is 5.75 Å². The Morgan fingerprint density at radius 2 is 1.58 bits per heavy atom. The Balaban J connectivity index is 2.37. The minimum atomic E-state index is 0.480. The van der Waals surface area contributed by atoms with Crippen LogP contribution in [0.25, 0.3) is 11.6 Å². The molecule has 2 aromatic carbocycles. The van der Waals surface area contributed by atoms with Gasteiger partial charge in [-0.3, -0.25) is 0 Å². The van der Waals surface area contributed by atoms with Crippen LogP contribution in [0.15, 0.2) is 54.6 Å². The van der Waals surface area contributed by atoms with E-state index in [0.29, 0.717) is 5.92 Å². The summed E-state index contributed by atoms with van der Waals surface area (Å²) in [6.07, 6.45) is 2.26. The highest BCUT2D eigenvalue weighted by atomic mass is 16.5. The van der Waals surface area contributed by atoms with Gasteiger partial charge in [-0.2, -0.15) is 0 Å². The summed E-state index contributed by atoms with van der Waals surface area (Å²) in [7, 11) is 1.69. The molecule has 0 spiro atoms. The van der Waals surface area contributed by atoms with Crippen LogP contribution < -0.4 is 4.74 Å². The third kappa shape index (κ3) is 3.47. The highest BCUT2D eigenvalue weighted by molar-refractivity contribution is 5.82. The lowest BCUT2D eigenvalue weighted by atomic mass is 9.93. The average molecular weight is 252 g/mol. The highest BCUT2D eigenvalue weighted by Crippen LogP contribution is 2.27. The molecule has 0 N–H and O–H groups in total. The first-order valence-electron chi connectivity index (χ1n) is 6.62. The largest absolute Gasteiger partial charge is 0.497 e. The standard InChI is InChI=1S/C18H20O/c1-14(2)18(13-15-7-5-4-6-8-15)16-9-11-17(19-3)12-10-16/h4-14H,1-3H3/b18-13+. The van der Waals surface area contributed by atoms with E-state index in [1.165, 1.54) is 16.7 Å². The third-order valence-corrected chi connectivity index (χ3v) is 3.17. The monoisotopic (exact) mass is 252 g/mol. The molecule has 0 fully saturated rings. The molecule has 19 heavy (non-hydrogen) atoms. The molecule has 0 aliphatic carbocycles. The summed E-state index contributed by atoms with van der Waals surface area (Å²) in [6.45, 7) is 4.44.